The van der Waals surface area contributed by atoms with E-state index in [4.69, 9.17) is 4.74 Å². The summed E-state index contributed by atoms with van der Waals surface area (Å²) in [6.07, 6.45) is 0.276. The molecule has 112 valence electrons. The minimum Gasteiger partial charge on any atom is -0.496 e. The van der Waals surface area contributed by atoms with Gasteiger partial charge in [-0.1, -0.05) is 18.2 Å². The Morgan fingerprint density at radius 3 is 2.91 bits per heavy atom. The van der Waals surface area contributed by atoms with Crippen LogP contribution < -0.4 is 10.1 Å². The predicted molar refractivity (Wildman–Crippen MR) is 89.7 cm³/mol. The number of aromatic nitrogens is 1. The molecule has 0 saturated carbocycles. The summed E-state index contributed by atoms with van der Waals surface area (Å²) in [4.78, 5) is 16.6. The number of ether oxygens (including phenoxy) is 1. The second-order valence-corrected chi connectivity index (χ2v) is 6.19. The van der Waals surface area contributed by atoms with E-state index in [0.717, 1.165) is 32.2 Å². The van der Waals surface area contributed by atoms with E-state index >= 15 is 0 Å². The number of thiazole rings is 1. The van der Waals surface area contributed by atoms with Crippen LogP contribution in [0.5, 0.6) is 5.75 Å². The average molecular weight is 312 g/mol. The first-order valence-electron chi connectivity index (χ1n) is 6.94. The van der Waals surface area contributed by atoms with Crippen molar-refractivity contribution in [3.63, 3.8) is 0 Å². The zero-order valence-corrected chi connectivity index (χ0v) is 13.2. The molecule has 0 atom stereocenters. The Balaban J connectivity index is 1.75. The molecule has 0 bridgehead atoms. The van der Waals surface area contributed by atoms with Crippen LogP contribution in [0.1, 0.15) is 10.6 Å². The number of nitrogens with zero attached hydrogens (tertiary/aromatic N) is 1. The molecule has 0 aliphatic rings. The van der Waals surface area contributed by atoms with Gasteiger partial charge in [-0.05, 0) is 31.2 Å². The summed E-state index contributed by atoms with van der Waals surface area (Å²) in [6.45, 7) is 1.98. The molecule has 4 nitrogen and oxygen atoms in total. The summed E-state index contributed by atoms with van der Waals surface area (Å²) in [5, 5.41) is 3.93. The Morgan fingerprint density at radius 1 is 1.27 bits per heavy atom. The van der Waals surface area contributed by atoms with Gasteiger partial charge in [0.25, 0.3) is 0 Å². The number of fused-ring (bicyclic) bond motifs is 1. The van der Waals surface area contributed by atoms with Crippen molar-refractivity contribution in [3.8, 4) is 5.75 Å². The van der Waals surface area contributed by atoms with Crippen LogP contribution in [-0.2, 0) is 11.2 Å². The van der Waals surface area contributed by atoms with E-state index in [-0.39, 0.29) is 12.3 Å². The number of hydrogen-bond donors (Lipinski definition) is 1. The molecule has 1 amide bonds. The molecule has 3 aromatic rings. The Morgan fingerprint density at radius 2 is 2.09 bits per heavy atom. The highest BCUT2D eigenvalue weighted by Gasteiger charge is 2.09. The van der Waals surface area contributed by atoms with Gasteiger partial charge in [-0.25, -0.2) is 4.98 Å². The van der Waals surface area contributed by atoms with E-state index in [0.29, 0.717) is 0 Å². The van der Waals surface area contributed by atoms with Crippen LogP contribution in [0.15, 0.2) is 42.5 Å². The lowest BCUT2D eigenvalue weighted by atomic mass is 10.1. The molecule has 2 aromatic carbocycles. The molecular weight excluding hydrogens is 296 g/mol. The summed E-state index contributed by atoms with van der Waals surface area (Å²) in [5.74, 6) is 0.652. The molecule has 5 heteroatoms. The number of para-hydroxylation sites is 1. The highest BCUT2D eigenvalue weighted by atomic mass is 32.1. The van der Waals surface area contributed by atoms with Crippen LogP contribution in [0.25, 0.3) is 10.2 Å². The lowest BCUT2D eigenvalue weighted by Crippen LogP contribution is -2.14. The number of anilines is 1. The summed E-state index contributed by atoms with van der Waals surface area (Å²) >= 11 is 1.65. The van der Waals surface area contributed by atoms with Crippen molar-refractivity contribution in [2.24, 2.45) is 0 Å². The number of benzene rings is 2. The third-order valence-electron chi connectivity index (χ3n) is 3.32. The molecule has 0 radical (unpaired) electrons. The number of nitrogens with one attached hydrogen (secondary N) is 1. The first kappa shape index (κ1) is 14.5. The lowest BCUT2D eigenvalue weighted by Gasteiger charge is -2.09. The predicted octanol–water partition coefficient (Wildman–Crippen LogP) is 3.79. The number of rotatable bonds is 4. The van der Waals surface area contributed by atoms with E-state index in [1.54, 1.807) is 18.4 Å². The van der Waals surface area contributed by atoms with Gasteiger partial charge in [-0.15, -0.1) is 11.3 Å². The van der Waals surface area contributed by atoms with Gasteiger partial charge >= 0.3 is 0 Å². The zero-order valence-electron chi connectivity index (χ0n) is 12.4. The van der Waals surface area contributed by atoms with Gasteiger partial charge in [0.15, 0.2) is 0 Å². The maximum Gasteiger partial charge on any atom is 0.228 e. The average Bonchev–Trinajstić information content (AvgIpc) is 2.87. The molecule has 0 saturated heterocycles. The third-order valence-corrected chi connectivity index (χ3v) is 4.27. The normalized spacial score (nSPS) is 10.6. The fourth-order valence-electron chi connectivity index (χ4n) is 2.35. The second kappa shape index (κ2) is 6.15. The van der Waals surface area contributed by atoms with E-state index in [1.807, 2.05) is 49.4 Å². The molecule has 0 fully saturated rings. The van der Waals surface area contributed by atoms with Crippen molar-refractivity contribution < 1.29 is 9.53 Å². The number of hydrogen-bond acceptors (Lipinski definition) is 4. The molecule has 1 heterocycles. The van der Waals surface area contributed by atoms with Gasteiger partial charge in [-0.2, -0.15) is 0 Å². The van der Waals surface area contributed by atoms with Crippen molar-refractivity contribution in [2.45, 2.75) is 13.3 Å². The molecule has 3 rings (SSSR count). The summed E-state index contributed by atoms with van der Waals surface area (Å²) < 4.78 is 6.39. The minimum atomic E-state index is -0.0733. The fourth-order valence-corrected chi connectivity index (χ4v) is 3.16. The number of amides is 1. The zero-order chi connectivity index (χ0) is 15.5. The van der Waals surface area contributed by atoms with Crippen LogP contribution in [-0.4, -0.2) is 18.0 Å². The largest absolute Gasteiger partial charge is 0.496 e. The van der Waals surface area contributed by atoms with Crippen LogP contribution >= 0.6 is 11.3 Å². The van der Waals surface area contributed by atoms with Crippen molar-refractivity contribution in [3.05, 3.63) is 53.0 Å². The topological polar surface area (TPSA) is 51.2 Å². The summed E-state index contributed by atoms with van der Waals surface area (Å²) in [5.41, 5.74) is 2.54. The number of methoxy groups -OCH3 is 1. The van der Waals surface area contributed by atoms with Crippen LogP contribution in [0.3, 0.4) is 0 Å². The van der Waals surface area contributed by atoms with Gasteiger partial charge in [0.2, 0.25) is 5.91 Å². The van der Waals surface area contributed by atoms with E-state index in [1.165, 1.54) is 0 Å². The molecular formula is C17H16N2O2S. The first-order valence-corrected chi connectivity index (χ1v) is 7.76. The molecule has 1 N–H and O–H groups in total. The van der Waals surface area contributed by atoms with Gasteiger partial charge in [0, 0.05) is 11.3 Å². The molecule has 0 spiro atoms. The van der Waals surface area contributed by atoms with Crippen LogP contribution in [0.4, 0.5) is 5.69 Å². The summed E-state index contributed by atoms with van der Waals surface area (Å²) in [6, 6.07) is 13.3. The van der Waals surface area contributed by atoms with Crippen molar-refractivity contribution >= 4 is 33.1 Å². The van der Waals surface area contributed by atoms with Gasteiger partial charge < -0.3 is 10.1 Å². The first-order chi connectivity index (χ1) is 10.7. The highest BCUT2D eigenvalue weighted by molar-refractivity contribution is 7.18. The SMILES string of the molecule is COc1ccccc1CC(=O)Nc1ccc2sc(C)nc2c1. The molecule has 0 aliphatic heterocycles. The molecule has 1 aromatic heterocycles. The lowest BCUT2D eigenvalue weighted by molar-refractivity contribution is -0.115. The number of carbonyl (C=O) groups excluding carboxylic acids is 1. The Labute approximate surface area is 132 Å². The molecule has 0 unspecified atom stereocenters. The maximum atomic E-state index is 12.2. The number of aryl methyl sites for hydroxylation is 1. The quantitative estimate of drug-likeness (QED) is 0.797. The highest BCUT2D eigenvalue weighted by Crippen LogP contribution is 2.25. The second-order valence-electron chi connectivity index (χ2n) is 4.95. The minimum absolute atomic E-state index is 0.0733. The van der Waals surface area contributed by atoms with Crippen LogP contribution in [0.2, 0.25) is 0 Å². The third kappa shape index (κ3) is 3.09. The van der Waals surface area contributed by atoms with Crippen molar-refractivity contribution in [1.29, 1.82) is 0 Å². The monoisotopic (exact) mass is 312 g/mol. The standard InChI is InChI=1S/C17H16N2O2S/c1-11-18-14-10-13(7-8-16(14)22-11)19-17(20)9-12-5-3-4-6-15(12)21-2/h3-8,10H,9H2,1-2H3,(H,19,20). The van der Waals surface area contributed by atoms with Gasteiger partial charge in [0.05, 0.1) is 28.8 Å². The smallest absolute Gasteiger partial charge is 0.228 e. The van der Waals surface area contributed by atoms with Crippen LogP contribution in [0, 0.1) is 6.92 Å². The molecule has 0 aliphatic carbocycles. The van der Waals surface area contributed by atoms with Crippen molar-refractivity contribution in [1.82, 2.24) is 4.98 Å². The van der Waals surface area contributed by atoms with Crippen molar-refractivity contribution in [2.75, 3.05) is 12.4 Å². The number of carbonyl (C=O) groups is 1. The Kier molecular flexibility index (Phi) is 4.06. The van der Waals surface area contributed by atoms with Gasteiger partial charge in [0.1, 0.15) is 5.75 Å². The maximum absolute atomic E-state index is 12.2. The summed E-state index contributed by atoms with van der Waals surface area (Å²) in [7, 11) is 1.61. The Bertz CT molecular complexity index is 826. The molecule has 22 heavy (non-hydrogen) atoms. The van der Waals surface area contributed by atoms with E-state index in [9.17, 15) is 4.79 Å². The Hall–Kier alpha value is -2.40. The van der Waals surface area contributed by atoms with E-state index in [2.05, 4.69) is 10.3 Å². The fraction of sp³-hybridized carbons (Fsp3) is 0.176. The van der Waals surface area contributed by atoms with Gasteiger partial charge in [-0.3, -0.25) is 4.79 Å². The van der Waals surface area contributed by atoms with E-state index < -0.39 is 0 Å².